The van der Waals surface area contributed by atoms with Crippen molar-refractivity contribution in [3.05, 3.63) is 84.4 Å². The van der Waals surface area contributed by atoms with Gasteiger partial charge in [0, 0.05) is 18.7 Å². The number of carbonyl (C=O) groups is 1. The fourth-order valence-electron chi connectivity index (χ4n) is 3.89. The van der Waals surface area contributed by atoms with E-state index in [-0.39, 0.29) is 19.1 Å². The van der Waals surface area contributed by atoms with Crippen molar-refractivity contribution < 1.29 is 24.1 Å². The van der Waals surface area contributed by atoms with E-state index >= 15 is 0 Å². The maximum absolute atomic E-state index is 12.3. The van der Waals surface area contributed by atoms with Crippen LogP contribution >= 0.6 is 0 Å². The molecule has 0 spiro atoms. The van der Waals surface area contributed by atoms with Gasteiger partial charge in [-0.15, -0.1) is 0 Å². The lowest BCUT2D eigenvalue weighted by molar-refractivity contribution is -0.128. The Hall–Kier alpha value is -3.61. The quantitative estimate of drug-likeness (QED) is 0.297. The maximum atomic E-state index is 12.3. The average molecular weight is 476 g/mol. The van der Waals surface area contributed by atoms with Crippen LogP contribution in [0.15, 0.2) is 78.9 Å². The zero-order valence-electron chi connectivity index (χ0n) is 20.6. The van der Waals surface area contributed by atoms with Crippen LogP contribution in [0.4, 0.5) is 0 Å². The van der Waals surface area contributed by atoms with Crippen LogP contribution in [-0.2, 0) is 16.1 Å². The molecule has 0 aliphatic carbocycles. The second-order valence-electron chi connectivity index (χ2n) is 8.15. The predicted molar refractivity (Wildman–Crippen MR) is 139 cm³/mol. The largest absolute Gasteiger partial charge is 0.497 e. The van der Waals surface area contributed by atoms with Gasteiger partial charge < -0.3 is 24.2 Å². The van der Waals surface area contributed by atoms with Gasteiger partial charge in [0.2, 0.25) is 5.91 Å². The van der Waals surface area contributed by atoms with Crippen LogP contribution in [0, 0.1) is 0 Å². The van der Waals surface area contributed by atoms with Crippen molar-refractivity contribution in [3.63, 3.8) is 0 Å². The number of rotatable bonds is 12. The van der Waals surface area contributed by atoms with Crippen LogP contribution < -0.4 is 9.47 Å². The van der Waals surface area contributed by atoms with Crippen molar-refractivity contribution in [2.75, 3.05) is 40.5 Å². The molecular formula is C29H33NO5. The van der Waals surface area contributed by atoms with E-state index < -0.39 is 0 Å². The Morgan fingerprint density at radius 1 is 0.886 bits per heavy atom. The molecule has 0 radical (unpaired) electrons. The molecule has 184 valence electrons. The first-order valence-corrected chi connectivity index (χ1v) is 11.5. The van der Waals surface area contributed by atoms with Crippen molar-refractivity contribution in [2.45, 2.75) is 13.5 Å². The van der Waals surface area contributed by atoms with Gasteiger partial charge in [-0.05, 0) is 59.0 Å². The highest BCUT2D eigenvalue weighted by Crippen LogP contribution is 2.36. The minimum Gasteiger partial charge on any atom is -0.497 e. The smallest absolute Gasteiger partial charge is 0.249 e. The first-order chi connectivity index (χ1) is 17.0. The number of aliphatic hydroxyl groups excluding tert-OH is 1. The summed E-state index contributed by atoms with van der Waals surface area (Å²) in [6.07, 6.45) is 0. The van der Waals surface area contributed by atoms with E-state index in [2.05, 4.69) is 18.7 Å². The van der Waals surface area contributed by atoms with Crippen LogP contribution in [-0.4, -0.2) is 56.4 Å². The van der Waals surface area contributed by atoms with Gasteiger partial charge in [0.25, 0.3) is 0 Å². The van der Waals surface area contributed by atoms with E-state index in [4.69, 9.17) is 14.2 Å². The summed E-state index contributed by atoms with van der Waals surface area (Å²) in [5.74, 6) is 1.42. The summed E-state index contributed by atoms with van der Waals surface area (Å²) in [4.78, 5) is 13.8. The lowest BCUT2D eigenvalue weighted by Gasteiger charge is -2.22. The van der Waals surface area contributed by atoms with Crippen LogP contribution in [0.3, 0.4) is 0 Å². The third-order valence-electron chi connectivity index (χ3n) is 5.72. The third kappa shape index (κ3) is 6.72. The highest BCUT2D eigenvalue weighted by molar-refractivity contribution is 5.92. The first kappa shape index (κ1) is 26.0. The van der Waals surface area contributed by atoms with Gasteiger partial charge in [-0.2, -0.15) is 0 Å². The molecular weight excluding hydrogens is 442 g/mol. The van der Waals surface area contributed by atoms with Gasteiger partial charge in [-0.1, -0.05) is 49.0 Å². The zero-order chi connectivity index (χ0) is 25.2. The molecule has 1 amide bonds. The van der Waals surface area contributed by atoms with E-state index in [0.29, 0.717) is 25.3 Å². The molecule has 35 heavy (non-hydrogen) atoms. The molecule has 0 heterocycles. The van der Waals surface area contributed by atoms with E-state index in [1.807, 2.05) is 54.6 Å². The normalized spacial score (nSPS) is 10.6. The van der Waals surface area contributed by atoms with Crippen LogP contribution in [0.1, 0.15) is 12.5 Å². The SMILES string of the molecule is C=C(C)C(=O)N(CCO)CCOCc1cccc(-c2ccc(OC)cc2)c1-c1ccc(OC)cc1. The molecule has 0 fully saturated rings. The van der Waals surface area contributed by atoms with E-state index in [1.54, 1.807) is 26.0 Å². The molecule has 0 saturated heterocycles. The molecule has 0 aliphatic heterocycles. The molecule has 0 unspecified atom stereocenters. The molecule has 0 aromatic heterocycles. The Bertz CT molecular complexity index is 1120. The molecule has 0 saturated carbocycles. The highest BCUT2D eigenvalue weighted by atomic mass is 16.5. The summed E-state index contributed by atoms with van der Waals surface area (Å²) in [7, 11) is 3.31. The molecule has 0 aliphatic rings. The van der Waals surface area contributed by atoms with Crippen LogP contribution in [0.5, 0.6) is 11.5 Å². The molecule has 6 heteroatoms. The second-order valence-corrected chi connectivity index (χ2v) is 8.15. The minimum absolute atomic E-state index is 0.107. The summed E-state index contributed by atoms with van der Waals surface area (Å²) in [5.41, 5.74) is 5.74. The molecule has 3 aromatic rings. The Labute approximate surface area is 207 Å². The van der Waals surface area contributed by atoms with E-state index in [1.165, 1.54) is 0 Å². The third-order valence-corrected chi connectivity index (χ3v) is 5.72. The number of hydrogen-bond donors (Lipinski definition) is 1. The summed E-state index contributed by atoms with van der Waals surface area (Å²) < 4.78 is 16.7. The molecule has 3 aromatic carbocycles. The highest BCUT2D eigenvalue weighted by Gasteiger charge is 2.15. The number of benzene rings is 3. The fourth-order valence-corrected chi connectivity index (χ4v) is 3.89. The number of ether oxygens (including phenoxy) is 3. The van der Waals surface area contributed by atoms with Gasteiger partial charge >= 0.3 is 0 Å². The molecule has 3 rings (SSSR count). The Morgan fingerprint density at radius 2 is 1.49 bits per heavy atom. The molecule has 6 nitrogen and oxygen atoms in total. The van der Waals surface area contributed by atoms with E-state index in [9.17, 15) is 9.90 Å². The summed E-state index contributed by atoms with van der Waals surface area (Å²) in [6.45, 7) is 6.61. The molecule has 1 N–H and O–H groups in total. The van der Waals surface area contributed by atoms with Gasteiger partial charge in [0.05, 0.1) is 34.0 Å². The van der Waals surface area contributed by atoms with Crippen LogP contribution in [0.25, 0.3) is 22.3 Å². The van der Waals surface area contributed by atoms with Crippen molar-refractivity contribution in [1.29, 1.82) is 0 Å². The lowest BCUT2D eigenvalue weighted by atomic mass is 9.90. The number of nitrogens with zero attached hydrogens (tertiary/aromatic N) is 1. The lowest BCUT2D eigenvalue weighted by Crippen LogP contribution is -2.36. The Balaban J connectivity index is 1.87. The number of aliphatic hydroxyl groups is 1. The van der Waals surface area contributed by atoms with Gasteiger partial charge in [0.1, 0.15) is 11.5 Å². The van der Waals surface area contributed by atoms with Crippen molar-refractivity contribution in [2.24, 2.45) is 0 Å². The average Bonchev–Trinajstić information content (AvgIpc) is 2.90. The van der Waals surface area contributed by atoms with Crippen molar-refractivity contribution in [3.8, 4) is 33.8 Å². The number of hydrogen-bond acceptors (Lipinski definition) is 5. The topological polar surface area (TPSA) is 68.2 Å². The monoisotopic (exact) mass is 475 g/mol. The standard InChI is InChI=1S/C29H33NO5/c1-21(2)29(32)30(16-18-31)17-19-35-20-24-6-5-7-27(22-8-12-25(33-3)13-9-22)28(24)23-10-14-26(34-4)15-11-23/h5-15,31H,1,16-20H2,2-4H3. The Kier molecular flexibility index (Phi) is 9.47. The molecule has 0 atom stereocenters. The van der Waals surface area contributed by atoms with Crippen molar-refractivity contribution >= 4 is 5.91 Å². The van der Waals surface area contributed by atoms with Gasteiger partial charge in [-0.25, -0.2) is 0 Å². The maximum Gasteiger partial charge on any atom is 0.249 e. The number of amides is 1. The van der Waals surface area contributed by atoms with Gasteiger partial charge in [0.15, 0.2) is 0 Å². The minimum atomic E-state index is -0.178. The Morgan fingerprint density at radius 3 is 2.03 bits per heavy atom. The van der Waals surface area contributed by atoms with Crippen molar-refractivity contribution in [1.82, 2.24) is 4.90 Å². The summed E-state index contributed by atoms with van der Waals surface area (Å²) in [5, 5.41) is 9.29. The van der Waals surface area contributed by atoms with Crippen LogP contribution in [0.2, 0.25) is 0 Å². The first-order valence-electron chi connectivity index (χ1n) is 11.5. The van der Waals surface area contributed by atoms with Gasteiger partial charge in [-0.3, -0.25) is 4.79 Å². The zero-order valence-corrected chi connectivity index (χ0v) is 20.6. The summed E-state index contributed by atoms with van der Waals surface area (Å²) >= 11 is 0. The second kappa shape index (κ2) is 12.7. The van der Waals surface area contributed by atoms with E-state index in [0.717, 1.165) is 39.3 Å². The summed E-state index contributed by atoms with van der Waals surface area (Å²) in [6, 6.07) is 22.1. The molecule has 0 bridgehead atoms. The predicted octanol–water partition coefficient (Wildman–Crippen LogP) is 4.95. The fraction of sp³-hybridized carbons (Fsp3) is 0.276. The number of carbonyl (C=O) groups excluding carboxylic acids is 1. The number of methoxy groups -OCH3 is 2.